The van der Waals surface area contributed by atoms with E-state index in [-0.39, 0.29) is 24.1 Å². The van der Waals surface area contributed by atoms with E-state index in [1.165, 1.54) is 10.9 Å². The fourth-order valence-electron chi connectivity index (χ4n) is 1.65. The van der Waals surface area contributed by atoms with Crippen molar-refractivity contribution < 1.29 is 9.90 Å². The van der Waals surface area contributed by atoms with Crippen LogP contribution in [0.5, 0.6) is 0 Å². The molecule has 1 heterocycles. The topological polar surface area (TPSA) is 75.1 Å². The highest BCUT2D eigenvalue weighted by Crippen LogP contribution is 2.15. The number of carboxylic acids is 1. The molecule has 0 atom stereocenters. The molecule has 2 rings (SSSR count). The molecular formula is C12H11ClN2O3. The standard InChI is InChI=1S/C12H11ClN2O3/c13-10-4-2-1-3-8(10)7-15-12(18)9(6-14-15)5-11(16)17/h1-4,6,14H,5,7H2,(H,16,17). The van der Waals surface area contributed by atoms with Crippen molar-refractivity contribution in [2.75, 3.05) is 0 Å². The zero-order chi connectivity index (χ0) is 13.1. The molecule has 0 fully saturated rings. The fraction of sp³-hybridized carbons (Fsp3) is 0.167. The van der Waals surface area contributed by atoms with Crippen LogP contribution in [0.1, 0.15) is 11.1 Å². The third kappa shape index (κ3) is 2.62. The lowest BCUT2D eigenvalue weighted by molar-refractivity contribution is -0.136. The van der Waals surface area contributed by atoms with Crippen molar-refractivity contribution >= 4 is 17.6 Å². The second-order valence-corrected chi connectivity index (χ2v) is 4.26. The summed E-state index contributed by atoms with van der Waals surface area (Å²) in [5.74, 6) is -1.03. The van der Waals surface area contributed by atoms with Crippen LogP contribution < -0.4 is 5.56 Å². The third-order valence-corrected chi connectivity index (χ3v) is 2.91. The molecule has 0 aliphatic carbocycles. The van der Waals surface area contributed by atoms with Gasteiger partial charge in [-0.25, -0.2) is 4.68 Å². The summed E-state index contributed by atoms with van der Waals surface area (Å²) in [5, 5.41) is 12.0. The van der Waals surface area contributed by atoms with Gasteiger partial charge in [-0.3, -0.25) is 9.59 Å². The Hall–Kier alpha value is -2.01. The highest BCUT2D eigenvalue weighted by molar-refractivity contribution is 6.31. The highest BCUT2D eigenvalue weighted by atomic mass is 35.5. The molecule has 2 N–H and O–H groups in total. The maximum absolute atomic E-state index is 11.8. The lowest BCUT2D eigenvalue weighted by Gasteiger charge is -2.03. The van der Waals surface area contributed by atoms with Crippen molar-refractivity contribution in [3.05, 3.63) is 57.0 Å². The van der Waals surface area contributed by atoms with Crippen LogP contribution in [0, 0.1) is 0 Å². The summed E-state index contributed by atoms with van der Waals surface area (Å²) in [5.41, 5.74) is 0.692. The average Bonchev–Trinajstić information content (AvgIpc) is 2.64. The second-order valence-electron chi connectivity index (χ2n) is 3.85. The number of aromatic nitrogens is 2. The Morgan fingerprint density at radius 2 is 2.06 bits per heavy atom. The maximum Gasteiger partial charge on any atom is 0.308 e. The number of halogens is 1. The van der Waals surface area contributed by atoms with Gasteiger partial charge in [-0.05, 0) is 11.6 Å². The summed E-state index contributed by atoms with van der Waals surface area (Å²) in [6, 6.07) is 7.18. The van der Waals surface area contributed by atoms with Crippen molar-refractivity contribution in [1.82, 2.24) is 9.78 Å². The number of hydrogen-bond donors (Lipinski definition) is 2. The van der Waals surface area contributed by atoms with Crippen LogP contribution in [0.2, 0.25) is 5.02 Å². The Bertz CT molecular complexity index is 630. The van der Waals surface area contributed by atoms with Gasteiger partial charge in [0.2, 0.25) is 0 Å². The van der Waals surface area contributed by atoms with E-state index in [9.17, 15) is 9.59 Å². The van der Waals surface area contributed by atoms with E-state index in [1.54, 1.807) is 12.1 Å². The molecule has 0 saturated heterocycles. The van der Waals surface area contributed by atoms with E-state index < -0.39 is 5.97 Å². The number of H-pyrrole nitrogens is 1. The van der Waals surface area contributed by atoms with Crippen molar-refractivity contribution in [3.63, 3.8) is 0 Å². The van der Waals surface area contributed by atoms with Crippen molar-refractivity contribution in [2.45, 2.75) is 13.0 Å². The first kappa shape index (κ1) is 12.4. The van der Waals surface area contributed by atoms with Gasteiger partial charge in [-0.1, -0.05) is 29.8 Å². The van der Waals surface area contributed by atoms with Gasteiger partial charge >= 0.3 is 5.97 Å². The molecule has 0 amide bonds. The van der Waals surface area contributed by atoms with Crippen molar-refractivity contribution in [1.29, 1.82) is 0 Å². The Morgan fingerprint density at radius 3 is 2.72 bits per heavy atom. The third-order valence-electron chi connectivity index (χ3n) is 2.54. The number of aliphatic carboxylic acids is 1. The Kier molecular flexibility index (Phi) is 3.53. The number of rotatable bonds is 4. The zero-order valence-electron chi connectivity index (χ0n) is 9.39. The van der Waals surface area contributed by atoms with E-state index >= 15 is 0 Å². The molecule has 0 unspecified atom stereocenters. The smallest absolute Gasteiger partial charge is 0.308 e. The number of carboxylic acid groups (broad SMARTS) is 1. The molecule has 1 aromatic carbocycles. The van der Waals surface area contributed by atoms with Gasteiger partial charge in [-0.15, -0.1) is 0 Å². The Balaban J connectivity index is 2.26. The lowest BCUT2D eigenvalue weighted by atomic mass is 10.2. The number of nitrogens with one attached hydrogen (secondary N) is 1. The normalized spacial score (nSPS) is 10.5. The molecule has 0 aliphatic rings. The van der Waals surface area contributed by atoms with Crippen LogP contribution in [-0.2, 0) is 17.8 Å². The van der Waals surface area contributed by atoms with Crippen LogP contribution >= 0.6 is 11.6 Å². The lowest BCUT2D eigenvalue weighted by Crippen LogP contribution is -2.21. The first-order valence-corrected chi connectivity index (χ1v) is 5.68. The molecular weight excluding hydrogens is 256 g/mol. The summed E-state index contributed by atoms with van der Waals surface area (Å²) in [4.78, 5) is 22.4. The highest BCUT2D eigenvalue weighted by Gasteiger charge is 2.10. The summed E-state index contributed by atoms with van der Waals surface area (Å²) < 4.78 is 1.33. The summed E-state index contributed by atoms with van der Waals surface area (Å²) in [6.07, 6.45) is 1.12. The molecule has 0 radical (unpaired) electrons. The molecule has 2 aromatic rings. The van der Waals surface area contributed by atoms with Crippen LogP contribution in [0.15, 0.2) is 35.3 Å². The quantitative estimate of drug-likeness (QED) is 0.881. The molecule has 0 spiro atoms. The SMILES string of the molecule is O=C(O)Cc1c[nH]n(Cc2ccccc2Cl)c1=O. The molecule has 94 valence electrons. The first-order chi connectivity index (χ1) is 8.58. The number of aromatic amines is 1. The van der Waals surface area contributed by atoms with Crippen LogP contribution in [0.25, 0.3) is 0 Å². The molecule has 0 aliphatic heterocycles. The zero-order valence-corrected chi connectivity index (χ0v) is 10.1. The summed E-state index contributed by atoms with van der Waals surface area (Å²) >= 11 is 5.99. The van der Waals surface area contributed by atoms with Crippen molar-refractivity contribution in [2.24, 2.45) is 0 Å². The minimum absolute atomic E-state index is 0.231. The fourth-order valence-corrected chi connectivity index (χ4v) is 1.85. The summed E-state index contributed by atoms with van der Waals surface area (Å²) in [6.45, 7) is 0.290. The predicted octanol–water partition coefficient (Wildman–Crippen LogP) is 1.51. The largest absolute Gasteiger partial charge is 0.481 e. The number of carbonyl (C=O) groups is 1. The minimum atomic E-state index is -1.03. The minimum Gasteiger partial charge on any atom is -0.481 e. The number of benzene rings is 1. The van der Waals surface area contributed by atoms with Gasteiger partial charge < -0.3 is 10.2 Å². The van der Waals surface area contributed by atoms with E-state index in [2.05, 4.69) is 5.10 Å². The molecule has 0 bridgehead atoms. The van der Waals surface area contributed by atoms with Gasteiger partial charge in [0.05, 0.1) is 13.0 Å². The predicted molar refractivity (Wildman–Crippen MR) is 66.9 cm³/mol. The average molecular weight is 267 g/mol. The Labute approximate surface area is 108 Å². The maximum atomic E-state index is 11.8. The Morgan fingerprint density at radius 1 is 1.33 bits per heavy atom. The van der Waals surface area contributed by atoms with Crippen LogP contribution in [0.3, 0.4) is 0 Å². The van der Waals surface area contributed by atoms with E-state index in [4.69, 9.17) is 16.7 Å². The summed E-state index contributed by atoms with van der Waals surface area (Å²) in [7, 11) is 0. The monoisotopic (exact) mass is 266 g/mol. The van der Waals surface area contributed by atoms with Gasteiger partial charge in [0, 0.05) is 16.8 Å². The van der Waals surface area contributed by atoms with Gasteiger partial charge in [0.15, 0.2) is 0 Å². The van der Waals surface area contributed by atoms with E-state index in [1.807, 2.05) is 12.1 Å². The van der Waals surface area contributed by atoms with Gasteiger partial charge in [0.1, 0.15) is 0 Å². The number of hydrogen-bond acceptors (Lipinski definition) is 2. The van der Waals surface area contributed by atoms with Crippen LogP contribution in [0.4, 0.5) is 0 Å². The van der Waals surface area contributed by atoms with E-state index in [0.29, 0.717) is 5.02 Å². The molecule has 6 heteroatoms. The molecule has 0 saturated carbocycles. The van der Waals surface area contributed by atoms with E-state index in [0.717, 1.165) is 5.56 Å². The van der Waals surface area contributed by atoms with Gasteiger partial charge in [0.25, 0.3) is 5.56 Å². The molecule has 1 aromatic heterocycles. The molecule has 18 heavy (non-hydrogen) atoms. The van der Waals surface area contributed by atoms with Crippen LogP contribution in [-0.4, -0.2) is 20.9 Å². The van der Waals surface area contributed by atoms with Crippen molar-refractivity contribution in [3.8, 4) is 0 Å². The second kappa shape index (κ2) is 5.10. The molecule has 5 nitrogen and oxygen atoms in total. The number of nitrogens with zero attached hydrogens (tertiary/aromatic N) is 1. The first-order valence-electron chi connectivity index (χ1n) is 5.30. The van der Waals surface area contributed by atoms with Gasteiger partial charge in [-0.2, -0.15) is 0 Å².